The number of nitrogens with zero attached hydrogens (tertiary/aromatic N) is 1. The average molecular weight is 1050 g/mol. The zero-order chi connectivity index (χ0) is 53.6. The summed E-state index contributed by atoms with van der Waals surface area (Å²) in [7, 11) is 1.47. The number of hydrogen-bond donors (Lipinski definition) is 2. The Hall–Kier alpha value is -2.29. The van der Waals surface area contributed by atoms with E-state index in [1.807, 2.05) is 33.3 Å². The minimum Gasteiger partial charge on any atom is -0.456 e. The number of amides is 1. The van der Waals surface area contributed by atoms with Gasteiger partial charge >= 0.3 is 13.8 Å². The number of likely N-dealkylation sites (N-methyl/N-ethyl adjacent to an activating group) is 1. The van der Waals surface area contributed by atoms with E-state index in [4.69, 9.17) is 13.8 Å². The standard InChI is InChI=1S/C63H117N2O7P/c1-7-10-13-16-19-22-25-28-30-32-34-37-40-43-46-49-52-55-62(66)64-60(59-71-73(68,69)70-58-57-65(4,5)6)61(54-51-48-45-42-39-36-27-24-21-18-15-12-9-3)72-63(67)56-53-50-47-44-41-38-35-33-31-29-26-23-20-17-14-11-8-2/h20,23,29,31,35,38,44,47,51,54,60-61H,7-19,21-22,24-28,30,32-34,36-37,39-43,45-46,48-50,52-53,55-59H2,1-6H3,(H-,64,66,68,69)/p+1/b23-20-,31-29-,38-35-,47-44-,54-51+. The molecule has 0 fully saturated rings. The summed E-state index contributed by atoms with van der Waals surface area (Å²) in [5.74, 6) is -0.562. The van der Waals surface area contributed by atoms with Crippen molar-refractivity contribution in [3.05, 3.63) is 60.8 Å². The van der Waals surface area contributed by atoms with E-state index >= 15 is 0 Å². The van der Waals surface area contributed by atoms with Crippen molar-refractivity contribution in [3.8, 4) is 0 Å². The molecule has 10 heteroatoms. The van der Waals surface area contributed by atoms with Crippen LogP contribution in [0, 0.1) is 0 Å². The maximum atomic E-state index is 13.5. The van der Waals surface area contributed by atoms with Gasteiger partial charge in [-0.15, -0.1) is 0 Å². The maximum Gasteiger partial charge on any atom is 0.472 e. The lowest BCUT2D eigenvalue weighted by Crippen LogP contribution is -2.47. The highest BCUT2D eigenvalue weighted by molar-refractivity contribution is 7.47. The van der Waals surface area contributed by atoms with Gasteiger partial charge in [-0.05, 0) is 70.3 Å². The van der Waals surface area contributed by atoms with E-state index < -0.39 is 20.0 Å². The molecular weight excluding hydrogens is 928 g/mol. The van der Waals surface area contributed by atoms with Gasteiger partial charge in [-0.1, -0.05) is 255 Å². The van der Waals surface area contributed by atoms with Gasteiger partial charge in [0.2, 0.25) is 5.91 Å². The molecule has 0 radical (unpaired) electrons. The number of hydrogen-bond acceptors (Lipinski definition) is 6. The van der Waals surface area contributed by atoms with Crippen molar-refractivity contribution in [1.29, 1.82) is 0 Å². The minimum atomic E-state index is -4.46. The highest BCUT2D eigenvalue weighted by atomic mass is 31.2. The summed E-state index contributed by atoms with van der Waals surface area (Å²) in [5, 5.41) is 3.04. The van der Waals surface area contributed by atoms with Crippen LogP contribution in [0.2, 0.25) is 0 Å². The molecule has 2 N–H and O–H groups in total. The number of unbranched alkanes of at least 4 members (excludes halogenated alkanes) is 31. The molecule has 3 atom stereocenters. The molecule has 0 heterocycles. The van der Waals surface area contributed by atoms with Crippen LogP contribution in [0.4, 0.5) is 0 Å². The van der Waals surface area contributed by atoms with Crippen molar-refractivity contribution in [2.45, 2.75) is 290 Å². The molecule has 0 spiro atoms. The first-order valence-electron chi connectivity index (χ1n) is 30.6. The summed E-state index contributed by atoms with van der Waals surface area (Å²) in [6.07, 6.45) is 66.5. The van der Waals surface area contributed by atoms with Crippen molar-refractivity contribution in [1.82, 2.24) is 5.32 Å². The maximum absolute atomic E-state index is 13.5. The van der Waals surface area contributed by atoms with Gasteiger partial charge < -0.3 is 19.4 Å². The molecule has 1 amide bonds. The molecule has 0 aliphatic heterocycles. The predicted molar refractivity (Wildman–Crippen MR) is 314 cm³/mol. The molecule has 0 bridgehead atoms. The van der Waals surface area contributed by atoms with Gasteiger partial charge in [0.25, 0.3) is 0 Å². The largest absolute Gasteiger partial charge is 0.472 e. The van der Waals surface area contributed by atoms with Crippen LogP contribution in [0.3, 0.4) is 0 Å². The van der Waals surface area contributed by atoms with E-state index in [9.17, 15) is 19.0 Å². The monoisotopic (exact) mass is 1050 g/mol. The molecular formula is C63H118N2O7P+. The van der Waals surface area contributed by atoms with Gasteiger partial charge in [0.15, 0.2) is 0 Å². The van der Waals surface area contributed by atoms with Crippen LogP contribution in [-0.2, 0) is 27.9 Å². The van der Waals surface area contributed by atoms with E-state index in [0.29, 0.717) is 23.9 Å². The Bertz CT molecular complexity index is 1440. The minimum absolute atomic E-state index is 0.0321. The lowest BCUT2D eigenvalue weighted by atomic mass is 10.0. The van der Waals surface area contributed by atoms with E-state index in [1.165, 1.54) is 173 Å². The molecule has 0 aromatic heterocycles. The fourth-order valence-corrected chi connectivity index (χ4v) is 9.43. The fraction of sp³-hybridized carbons (Fsp3) is 0.810. The average Bonchev–Trinajstić information content (AvgIpc) is 3.35. The second-order valence-corrected chi connectivity index (χ2v) is 23.3. The number of carbonyl (C=O) groups is 2. The molecule has 0 rings (SSSR count). The zero-order valence-electron chi connectivity index (χ0n) is 48.6. The lowest BCUT2D eigenvalue weighted by molar-refractivity contribution is -0.870. The smallest absolute Gasteiger partial charge is 0.456 e. The van der Waals surface area contributed by atoms with Gasteiger partial charge in [-0.2, -0.15) is 0 Å². The lowest BCUT2D eigenvalue weighted by Gasteiger charge is -2.27. The van der Waals surface area contributed by atoms with E-state index in [1.54, 1.807) is 0 Å². The summed E-state index contributed by atoms with van der Waals surface area (Å²) >= 11 is 0. The Morgan fingerprint density at radius 2 is 0.849 bits per heavy atom. The highest BCUT2D eigenvalue weighted by Crippen LogP contribution is 2.43. The summed E-state index contributed by atoms with van der Waals surface area (Å²) in [6, 6.07) is -0.869. The summed E-state index contributed by atoms with van der Waals surface area (Å²) in [5.41, 5.74) is 0. The fourth-order valence-electron chi connectivity index (χ4n) is 8.70. The second kappa shape index (κ2) is 53.1. The summed E-state index contributed by atoms with van der Waals surface area (Å²) < 4.78 is 30.6. The number of esters is 1. The second-order valence-electron chi connectivity index (χ2n) is 21.9. The number of phosphoric acid groups is 1. The number of phosphoric ester groups is 1. The number of rotatable bonds is 55. The molecule has 9 nitrogen and oxygen atoms in total. The number of allylic oxidation sites excluding steroid dienone is 9. The Labute approximate surface area is 451 Å². The molecule has 0 aromatic rings. The van der Waals surface area contributed by atoms with Crippen molar-refractivity contribution >= 4 is 19.7 Å². The Kier molecular flexibility index (Phi) is 51.5. The Balaban J connectivity index is 5.39. The number of nitrogens with one attached hydrogen (secondary N) is 1. The SMILES string of the molecule is CCCCC/C=C\C/C=C\C/C=C\C/C=C\CCCC(=O)OC(/C=C/CCCCCCCCCCCCC)C(COP(=O)(O)OCC[N+](C)(C)C)NC(=O)CCCCCCCCCCCCCCCCCCC. The summed E-state index contributed by atoms with van der Waals surface area (Å²) in [4.78, 5) is 37.7. The zero-order valence-corrected chi connectivity index (χ0v) is 49.5. The third-order valence-electron chi connectivity index (χ3n) is 13.5. The predicted octanol–water partition coefficient (Wildman–Crippen LogP) is 18.7. The van der Waals surface area contributed by atoms with Crippen LogP contribution in [0.5, 0.6) is 0 Å². The van der Waals surface area contributed by atoms with Crippen LogP contribution in [0.1, 0.15) is 278 Å². The topological polar surface area (TPSA) is 111 Å². The van der Waals surface area contributed by atoms with Crippen LogP contribution in [-0.4, -0.2) is 74.3 Å². The Morgan fingerprint density at radius 3 is 1.30 bits per heavy atom. The van der Waals surface area contributed by atoms with E-state index in [2.05, 4.69) is 74.7 Å². The number of ether oxygens (including phenoxy) is 1. The number of carbonyl (C=O) groups excluding carboxylic acids is 2. The van der Waals surface area contributed by atoms with Gasteiger partial charge in [0, 0.05) is 12.8 Å². The first kappa shape index (κ1) is 70.7. The molecule has 0 saturated heterocycles. The third-order valence-corrected chi connectivity index (χ3v) is 14.4. The van der Waals surface area contributed by atoms with Gasteiger partial charge in [-0.3, -0.25) is 18.6 Å². The van der Waals surface area contributed by atoms with Crippen molar-refractivity contribution < 1.29 is 37.3 Å². The molecule has 0 saturated carbocycles. The molecule has 426 valence electrons. The quantitative estimate of drug-likeness (QED) is 0.0205. The van der Waals surface area contributed by atoms with Gasteiger partial charge in [-0.25, -0.2) is 4.57 Å². The van der Waals surface area contributed by atoms with Gasteiger partial charge in [0.1, 0.15) is 19.3 Å². The van der Waals surface area contributed by atoms with Crippen LogP contribution < -0.4 is 5.32 Å². The molecule has 0 aromatic carbocycles. The molecule has 73 heavy (non-hydrogen) atoms. The van der Waals surface area contributed by atoms with E-state index in [0.717, 1.165) is 64.2 Å². The third kappa shape index (κ3) is 54.3. The summed E-state index contributed by atoms with van der Waals surface area (Å²) in [6.45, 7) is 6.97. The van der Waals surface area contributed by atoms with Crippen molar-refractivity contribution in [3.63, 3.8) is 0 Å². The molecule has 0 aliphatic carbocycles. The van der Waals surface area contributed by atoms with Crippen LogP contribution >= 0.6 is 7.82 Å². The van der Waals surface area contributed by atoms with Crippen LogP contribution in [0.25, 0.3) is 0 Å². The normalized spacial score (nSPS) is 14.1. The Morgan fingerprint density at radius 1 is 0.479 bits per heavy atom. The van der Waals surface area contributed by atoms with Crippen LogP contribution in [0.15, 0.2) is 60.8 Å². The van der Waals surface area contributed by atoms with Gasteiger partial charge in [0.05, 0.1) is 33.8 Å². The van der Waals surface area contributed by atoms with Crippen molar-refractivity contribution in [2.75, 3.05) is 40.9 Å². The first-order chi connectivity index (χ1) is 35.4. The highest BCUT2D eigenvalue weighted by Gasteiger charge is 2.30. The van der Waals surface area contributed by atoms with Crippen molar-refractivity contribution in [2.24, 2.45) is 0 Å². The first-order valence-corrected chi connectivity index (χ1v) is 32.1. The molecule has 3 unspecified atom stereocenters. The van der Waals surface area contributed by atoms with E-state index in [-0.39, 0.29) is 31.5 Å². The molecule has 0 aliphatic rings. The number of quaternary nitrogens is 1.